The summed E-state index contributed by atoms with van der Waals surface area (Å²) < 4.78 is 23.0. The number of benzene rings is 1. The van der Waals surface area contributed by atoms with E-state index in [1.165, 1.54) is 16.0 Å². The molecule has 1 aromatic rings. The molecule has 24 heavy (non-hydrogen) atoms. The monoisotopic (exact) mass is 351 g/mol. The molecule has 132 valence electrons. The van der Waals surface area contributed by atoms with Crippen molar-refractivity contribution < 1.29 is 18.1 Å². The van der Waals surface area contributed by atoms with E-state index in [0.29, 0.717) is 12.8 Å². The van der Waals surface area contributed by atoms with Crippen molar-refractivity contribution in [2.75, 3.05) is 37.7 Å². The van der Waals surface area contributed by atoms with Gasteiger partial charge in [0.15, 0.2) is 9.84 Å². The molecule has 5 nitrogen and oxygen atoms in total. The van der Waals surface area contributed by atoms with Crippen LogP contribution in [0.1, 0.15) is 24.0 Å². The van der Waals surface area contributed by atoms with Gasteiger partial charge in [-0.25, -0.2) is 8.42 Å². The van der Waals surface area contributed by atoms with Gasteiger partial charge in [0.1, 0.15) is 6.54 Å². The summed E-state index contributed by atoms with van der Waals surface area (Å²) in [5.74, 6) is 0.600. The average Bonchev–Trinajstić information content (AvgIpc) is 2.89. The maximum absolute atomic E-state index is 12.4. The first kappa shape index (κ1) is 17.4. The Morgan fingerprint density at radius 1 is 1.25 bits per heavy atom. The fourth-order valence-corrected chi connectivity index (χ4v) is 5.60. The van der Waals surface area contributed by atoms with Crippen LogP contribution >= 0.6 is 0 Å². The minimum Gasteiger partial charge on any atom is -0.331 e. The Balaban J connectivity index is 1.46. The molecule has 0 unspecified atom stereocenters. The van der Waals surface area contributed by atoms with Gasteiger partial charge in [0.2, 0.25) is 5.91 Å². The van der Waals surface area contributed by atoms with Gasteiger partial charge in [0.25, 0.3) is 0 Å². The molecule has 2 aliphatic heterocycles. The van der Waals surface area contributed by atoms with Crippen molar-refractivity contribution in [2.45, 2.75) is 26.3 Å². The van der Waals surface area contributed by atoms with Crippen LogP contribution in [0, 0.1) is 12.8 Å². The molecule has 6 heteroatoms. The molecule has 2 saturated heterocycles. The second-order valence-electron chi connectivity index (χ2n) is 7.21. The van der Waals surface area contributed by atoms with Crippen molar-refractivity contribution in [2.24, 2.45) is 5.92 Å². The number of carbonyl (C=O) groups excluding carboxylic acids is 1. The highest BCUT2D eigenvalue weighted by Crippen LogP contribution is 2.22. The van der Waals surface area contributed by atoms with Gasteiger partial charge in [-0.3, -0.25) is 4.79 Å². The van der Waals surface area contributed by atoms with E-state index in [1.807, 2.05) is 4.90 Å². The summed E-state index contributed by atoms with van der Waals surface area (Å²) in [6, 6.07) is 8.47. The quantitative estimate of drug-likeness (QED) is 0.834. The summed E-state index contributed by atoms with van der Waals surface area (Å²) in [7, 11) is -2.89. The van der Waals surface area contributed by atoms with Gasteiger partial charge in [-0.1, -0.05) is 24.3 Å². The van der Waals surface area contributed by atoms with E-state index in [9.17, 15) is 13.2 Å². The van der Waals surface area contributed by atoms with E-state index in [0.717, 1.165) is 32.7 Å². The number of rotatable bonds is 4. The molecule has 1 amide bonds. The molecule has 1 aromatic carbocycles. The first-order chi connectivity index (χ1) is 11.4. The normalized spacial score (nSPS) is 24.2. The van der Waals surface area contributed by atoms with Gasteiger partial charge in [-0.15, -0.1) is 0 Å². The lowest BCUT2D eigenvalue weighted by molar-refractivity contribution is -0.917. The lowest BCUT2D eigenvalue weighted by Gasteiger charge is -2.33. The molecule has 0 saturated carbocycles. The Morgan fingerprint density at radius 2 is 1.96 bits per heavy atom. The molecule has 0 aliphatic carbocycles. The maximum Gasteiger partial charge on any atom is 0.223 e. The molecular formula is C18H27N2O3S+. The van der Waals surface area contributed by atoms with Crippen molar-refractivity contribution in [3.63, 3.8) is 0 Å². The predicted molar refractivity (Wildman–Crippen MR) is 93.5 cm³/mol. The number of sulfone groups is 1. The van der Waals surface area contributed by atoms with E-state index >= 15 is 0 Å². The topological polar surface area (TPSA) is 58.9 Å². The Labute approximate surface area is 144 Å². The smallest absolute Gasteiger partial charge is 0.223 e. The van der Waals surface area contributed by atoms with Crippen molar-refractivity contribution >= 4 is 15.7 Å². The third-order valence-corrected chi connectivity index (χ3v) is 7.15. The number of hydrogen-bond donors (Lipinski definition) is 1. The zero-order valence-electron chi connectivity index (χ0n) is 14.3. The zero-order valence-corrected chi connectivity index (χ0v) is 15.1. The number of hydrogen-bond acceptors (Lipinski definition) is 3. The van der Waals surface area contributed by atoms with Gasteiger partial charge >= 0.3 is 0 Å². The summed E-state index contributed by atoms with van der Waals surface area (Å²) >= 11 is 0. The summed E-state index contributed by atoms with van der Waals surface area (Å²) in [5, 5.41) is 0. The predicted octanol–water partition coefficient (Wildman–Crippen LogP) is 0.0469. The van der Waals surface area contributed by atoms with Crippen LogP contribution in [0.25, 0.3) is 0 Å². The van der Waals surface area contributed by atoms with Gasteiger partial charge in [0.05, 0.1) is 37.7 Å². The fraction of sp³-hybridized carbons (Fsp3) is 0.611. The molecule has 1 atom stereocenters. The molecule has 2 heterocycles. The lowest BCUT2D eigenvalue weighted by atomic mass is 10.0. The standard InChI is InChI=1S/C18H26N2O3S/c1-15-4-2-3-5-17(15)13-19-7-9-20(10-8-19)18(21)12-16-6-11-24(22,23)14-16/h2-5,16H,6-14H2,1H3/p+1/t16-/m0/s1. The van der Waals surface area contributed by atoms with E-state index in [-0.39, 0.29) is 23.3 Å². The molecule has 2 aliphatic rings. The molecule has 0 aromatic heterocycles. The Bertz CT molecular complexity index is 694. The molecule has 3 rings (SSSR count). The highest BCUT2D eigenvalue weighted by atomic mass is 32.2. The van der Waals surface area contributed by atoms with Gasteiger partial charge in [-0.05, 0) is 24.8 Å². The number of quaternary nitrogens is 1. The fourth-order valence-electron chi connectivity index (χ4n) is 3.74. The molecular weight excluding hydrogens is 324 g/mol. The minimum atomic E-state index is -2.89. The number of nitrogens with zero attached hydrogens (tertiary/aromatic N) is 1. The highest BCUT2D eigenvalue weighted by molar-refractivity contribution is 7.91. The van der Waals surface area contributed by atoms with Gasteiger partial charge < -0.3 is 9.80 Å². The molecule has 0 radical (unpaired) electrons. The Kier molecular flexibility index (Phi) is 5.25. The molecule has 2 fully saturated rings. The Hall–Kier alpha value is -1.40. The van der Waals surface area contributed by atoms with Crippen LogP contribution < -0.4 is 4.90 Å². The van der Waals surface area contributed by atoms with Gasteiger partial charge in [0, 0.05) is 12.0 Å². The summed E-state index contributed by atoms with van der Waals surface area (Å²) in [5.41, 5.74) is 2.70. The minimum absolute atomic E-state index is 0.0276. The lowest BCUT2D eigenvalue weighted by Crippen LogP contribution is -3.13. The third-order valence-electron chi connectivity index (χ3n) is 5.31. The largest absolute Gasteiger partial charge is 0.331 e. The molecule has 1 N–H and O–H groups in total. The number of aryl methyl sites for hydroxylation is 1. The maximum atomic E-state index is 12.4. The number of amides is 1. The van der Waals surface area contributed by atoms with Crippen molar-refractivity contribution in [3.05, 3.63) is 35.4 Å². The summed E-state index contributed by atoms with van der Waals surface area (Å²) in [6.07, 6.45) is 1.04. The second-order valence-corrected chi connectivity index (χ2v) is 9.44. The first-order valence-electron chi connectivity index (χ1n) is 8.79. The number of carbonyl (C=O) groups is 1. The third kappa shape index (κ3) is 4.36. The van der Waals surface area contributed by atoms with Crippen molar-refractivity contribution in [1.29, 1.82) is 0 Å². The SMILES string of the molecule is Cc1ccccc1C[NH+]1CCN(C(=O)C[C@@H]2CCS(=O)(=O)C2)CC1. The second kappa shape index (κ2) is 7.23. The van der Waals surface area contributed by atoms with E-state index in [4.69, 9.17) is 0 Å². The zero-order chi connectivity index (χ0) is 17.2. The van der Waals surface area contributed by atoms with Crippen LogP contribution in [-0.2, 0) is 21.2 Å². The summed E-state index contributed by atoms with van der Waals surface area (Å²) in [6.45, 7) is 6.63. The van der Waals surface area contributed by atoms with Crippen molar-refractivity contribution in [3.8, 4) is 0 Å². The average molecular weight is 351 g/mol. The van der Waals surface area contributed by atoms with Gasteiger partial charge in [-0.2, -0.15) is 0 Å². The van der Waals surface area contributed by atoms with E-state index in [1.54, 1.807) is 0 Å². The van der Waals surface area contributed by atoms with Crippen LogP contribution in [0.3, 0.4) is 0 Å². The van der Waals surface area contributed by atoms with E-state index in [2.05, 4.69) is 31.2 Å². The van der Waals surface area contributed by atoms with E-state index < -0.39 is 9.84 Å². The highest BCUT2D eigenvalue weighted by Gasteiger charge is 2.32. The van der Waals surface area contributed by atoms with Crippen LogP contribution in [0.4, 0.5) is 0 Å². The number of piperazine rings is 1. The van der Waals surface area contributed by atoms with Crippen LogP contribution in [-0.4, -0.2) is 56.9 Å². The number of nitrogens with one attached hydrogen (secondary N) is 1. The molecule has 0 bridgehead atoms. The van der Waals surface area contributed by atoms with Crippen molar-refractivity contribution in [1.82, 2.24) is 4.90 Å². The molecule has 0 spiro atoms. The Morgan fingerprint density at radius 3 is 2.58 bits per heavy atom. The van der Waals surface area contributed by atoms with Crippen LogP contribution in [0.2, 0.25) is 0 Å². The van der Waals surface area contributed by atoms with Crippen LogP contribution in [0.5, 0.6) is 0 Å². The first-order valence-corrected chi connectivity index (χ1v) is 10.6. The summed E-state index contributed by atoms with van der Waals surface area (Å²) in [4.78, 5) is 15.8. The van der Waals surface area contributed by atoms with Crippen LogP contribution in [0.15, 0.2) is 24.3 Å².